The third-order valence-electron chi connectivity index (χ3n) is 6.91. The first-order chi connectivity index (χ1) is 16.1. The van der Waals surface area contributed by atoms with Gasteiger partial charge >= 0.3 is 0 Å². The van der Waals surface area contributed by atoms with E-state index in [-0.39, 0.29) is 10.7 Å². The van der Waals surface area contributed by atoms with Crippen LogP contribution in [0.5, 0.6) is 0 Å². The second kappa shape index (κ2) is 8.98. The molecule has 3 aromatic rings. The van der Waals surface area contributed by atoms with Crippen molar-refractivity contribution in [3.8, 4) is 5.69 Å². The summed E-state index contributed by atoms with van der Waals surface area (Å²) in [5.74, 6) is -0.798. The molecule has 1 aliphatic carbocycles. The third kappa shape index (κ3) is 4.04. The van der Waals surface area contributed by atoms with E-state index < -0.39 is 26.5 Å². The van der Waals surface area contributed by atoms with E-state index in [1.54, 1.807) is 42.1 Å². The van der Waals surface area contributed by atoms with Crippen molar-refractivity contribution in [2.75, 3.05) is 0 Å². The maximum absolute atomic E-state index is 13.9. The van der Waals surface area contributed by atoms with Gasteiger partial charge in [-0.15, -0.1) is 0 Å². The predicted octanol–water partition coefficient (Wildman–Crippen LogP) is 4.90. The number of carbonyl (C=O) groups excluding carboxylic acids is 1. The molecule has 34 heavy (non-hydrogen) atoms. The van der Waals surface area contributed by atoms with E-state index in [1.807, 2.05) is 26.8 Å². The largest absolute Gasteiger partial charge is 0.348 e. The summed E-state index contributed by atoms with van der Waals surface area (Å²) in [6, 6.07) is 10.9. The molecule has 1 atom stereocenters. The molecule has 180 valence electrons. The number of nitrogens with zero attached hydrogens (tertiary/aromatic N) is 2. The van der Waals surface area contributed by atoms with Gasteiger partial charge in [-0.05, 0) is 82.0 Å². The fourth-order valence-corrected chi connectivity index (χ4v) is 7.25. The van der Waals surface area contributed by atoms with Gasteiger partial charge in [-0.25, -0.2) is 17.5 Å². The number of aryl methyl sites for hydroxylation is 2. The first-order valence-electron chi connectivity index (χ1n) is 11.5. The average Bonchev–Trinajstić information content (AvgIpc) is 3.44. The van der Waals surface area contributed by atoms with Crippen molar-refractivity contribution in [2.45, 2.75) is 69.1 Å². The molecule has 1 aromatic heterocycles. The van der Waals surface area contributed by atoms with Crippen LogP contribution in [0.3, 0.4) is 0 Å². The van der Waals surface area contributed by atoms with Crippen molar-refractivity contribution >= 4 is 15.7 Å². The molecule has 6 nitrogen and oxygen atoms in total. The zero-order chi connectivity index (χ0) is 24.7. The van der Waals surface area contributed by atoms with E-state index in [0.717, 1.165) is 16.8 Å². The van der Waals surface area contributed by atoms with Crippen LogP contribution in [0.2, 0.25) is 0 Å². The van der Waals surface area contributed by atoms with Gasteiger partial charge in [-0.1, -0.05) is 25.0 Å². The Bertz CT molecular complexity index is 1320. The lowest BCUT2D eigenvalue weighted by molar-refractivity contribution is -0.124. The number of hydrogen-bond donors (Lipinski definition) is 1. The minimum atomic E-state index is -3.90. The van der Waals surface area contributed by atoms with E-state index in [2.05, 4.69) is 10.4 Å². The molecule has 0 bridgehead atoms. The van der Waals surface area contributed by atoms with Gasteiger partial charge in [0.15, 0.2) is 14.6 Å². The number of carbonyl (C=O) groups is 1. The highest BCUT2D eigenvalue weighted by Crippen LogP contribution is 2.42. The maximum Gasteiger partial charge on any atom is 0.242 e. The highest BCUT2D eigenvalue weighted by Gasteiger charge is 2.53. The van der Waals surface area contributed by atoms with Crippen LogP contribution >= 0.6 is 0 Å². The fraction of sp³-hybridized carbons (Fsp3) is 0.385. The molecule has 1 N–H and O–H groups in total. The van der Waals surface area contributed by atoms with E-state index in [4.69, 9.17) is 0 Å². The molecule has 1 saturated carbocycles. The standard InChI is InChI=1S/C26H30FN3O3S/c1-17-7-8-18(2)24(15-17)34(32,33)26(13-5-6-14-26)25(31)29-19(3)23-16-28-30(20(23)4)22-11-9-21(27)10-12-22/h7-12,15-16,19H,5-6,13-14H2,1-4H3,(H,29,31). The Morgan fingerprint density at radius 2 is 1.74 bits per heavy atom. The minimum Gasteiger partial charge on any atom is -0.348 e. The second-order valence-electron chi connectivity index (χ2n) is 9.24. The zero-order valence-electron chi connectivity index (χ0n) is 19.9. The number of aromatic nitrogens is 2. The summed E-state index contributed by atoms with van der Waals surface area (Å²) in [7, 11) is -3.90. The Balaban J connectivity index is 1.64. The number of rotatable bonds is 6. The fourth-order valence-electron chi connectivity index (χ4n) is 4.87. The van der Waals surface area contributed by atoms with Gasteiger partial charge in [0.25, 0.3) is 0 Å². The summed E-state index contributed by atoms with van der Waals surface area (Å²) in [6.07, 6.45) is 3.63. The Morgan fingerprint density at radius 1 is 1.09 bits per heavy atom. The first-order valence-corrected chi connectivity index (χ1v) is 13.0. The van der Waals surface area contributed by atoms with Crippen LogP contribution in [-0.4, -0.2) is 28.9 Å². The van der Waals surface area contributed by atoms with Crippen molar-refractivity contribution < 1.29 is 17.6 Å². The van der Waals surface area contributed by atoms with Crippen LogP contribution in [0, 0.1) is 26.6 Å². The van der Waals surface area contributed by atoms with Crippen LogP contribution in [0.25, 0.3) is 5.69 Å². The third-order valence-corrected chi connectivity index (χ3v) is 9.55. The molecule has 0 radical (unpaired) electrons. The Hall–Kier alpha value is -3.00. The van der Waals surface area contributed by atoms with Crippen LogP contribution in [-0.2, 0) is 14.6 Å². The second-order valence-corrected chi connectivity index (χ2v) is 11.5. The monoisotopic (exact) mass is 483 g/mol. The average molecular weight is 484 g/mol. The summed E-state index contributed by atoms with van der Waals surface area (Å²) < 4.78 is 41.2. The molecule has 1 heterocycles. The van der Waals surface area contributed by atoms with Gasteiger partial charge in [0, 0.05) is 11.3 Å². The number of hydrogen-bond acceptors (Lipinski definition) is 4. The quantitative estimate of drug-likeness (QED) is 0.541. The lowest BCUT2D eigenvalue weighted by Crippen LogP contribution is -2.51. The van der Waals surface area contributed by atoms with E-state index in [1.165, 1.54) is 12.1 Å². The van der Waals surface area contributed by atoms with Crippen LogP contribution in [0.15, 0.2) is 53.6 Å². The van der Waals surface area contributed by atoms with Crippen LogP contribution in [0.1, 0.15) is 61.0 Å². The molecular formula is C26H30FN3O3S. The van der Waals surface area contributed by atoms with Crippen LogP contribution < -0.4 is 5.32 Å². The molecule has 2 aromatic carbocycles. The molecule has 0 saturated heterocycles. The lowest BCUT2D eigenvalue weighted by Gasteiger charge is -2.30. The van der Waals surface area contributed by atoms with Gasteiger partial charge in [0.1, 0.15) is 5.82 Å². The van der Waals surface area contributed by atoms with Crippen molar-refractivity contribution in [1.29, 1.82) is 0 Å². The van der Waals surface area contributed by atoms with Gasteiger partial charge < -0.3 is 5.32 Å². The highest BCUT2D eigenvalue weighted by atomic mass is 32.2. The number of benzene rings is 2. The normalized spacial score (nSPS) is 16.4. The summed E-state index contributed by atoms with van der Waals surface area (Å²) in [5, 5.41) is 7.37. The van der Waals surface area contributed by atoms with Crippen molar-refractivity contribution in [2.24, 2.45) is 0 Å². The van der Waals surface area contributed by atoms with Crippen LogP contribution in [0.4, 0.5) is 4.39 Å². The van der Waals surface area contributed by atoms with Crippen molar-refractivity contribution in [3.05, 3.63) is 76.9 Å². The van der Waals surface area contributed by atoms with Gasteiger partial charge in [0.05, 0.1) is 22.8 Å². The van der Waals surface area contributed by atoms with Crippen molar-refractivity contribution in [1.82, 2.24) is 15.1 Å². The summed E-state index contributed by atoms with van der Waals surface area (Å²) in [6.45, 7) is 7.31. The molecule has 4 rings (SSSR count). The van der Waals surface area contributed by atoms with Gasteiger partial charge in [-0.2, -0.15) is 5.10 Å². The Kier molecular flexibility index (Phi) is 6.38. The zero-order valence-corrected chi connectivity index (χ0v) is 20.7. The molecule has 8 heteroatoms. The SMILES string of the molecule is Cc1ccc(C)c(S(=O)(=O)C2(C(=O)NC(C)c3cnn(-c4ccc(F)cc4)c3C)CCCC2)c1. The van der Waals surface area contributed by atoms with E-state index in [0.29, 0.717) is 36.9 Å². The topological polar surface area (TPSA) is 81.1 Å². The first kappa shape index (κ1) is 24.1. The Morgan fingerprint density at radius 3 is 2.38 bits per heavy atom. The number of nitrogens with one attached hydrogen (secondary N) is 1. The lowest BCUT2D eigenvalue weighted by atomic mass is 10.0. The molecule has 1 amide bonds. The Labute approximate surface area is 200 Å². The van der Waals surface area contributed by atoms with E-state index >= 15 is 0 Å². The minimum absolute atomic E-state index is 0.234. The number of sulfone groups is 1. The molecule has 1 unspecified atom stereocenters. The molecule has 1 fully saturated rings. The maximum atomic E-state index is 13.9. The molecule has 1 aliphatic rings. The summed E-state index contributed by atoms with van der Waals surface area (Å²) >= 11 is 0. The molecule has 0 spiro atoms. The smallest absolute Gasteiger partial charge is 0.242 e. The highest BCUT2D eigenvalue weighted by molar-refractivity contribution is 7.93. The summed E-state index contributed by atoms with van der Waals surface area (Å²) in [5.41, 5.74) is 3.75. The van der Waals surface area contributed by atoms with Gasteiger partial charge in [-0.3, -0.25) is 4.79 Å². The van der Waals surface area contributed by atoms with Crippen molar-refractivity contribution in [3.63, 3.8) is 0 Å². The number of halogens is 1. The molecule has 0 aliphatic heterocycles. The summed E-state index contributed by atoms with van der Waals surface area (Å²) in [4.78, 5) is 13.9. The van der Waals surface area contributed by atoms with Gasteiger partial charge in [0.2, 0.25) is 5.91 Å². The van der Waals surface area contributed by atoms with E-state index in [9.17, 15) is 17.6 Å². The number of amides is 1. The predicted molar refractivity (Wildman–Crippen MR) is 129 cm³/mol. The molecular weight excluding hydrogens is 453 g/mol.